The fourth-order valence-corrected chi connectivity index (χ4v) is 4.26. The summed E-state index contributed by atoms with van der Waals surface area (Å²) in [7, 11) is -3.44. The van der Waals surface area contributed by atoms with Crippen molar-refractivity contribution in [3.8, 4) is 10.9 Å². The molecule has 2 heterocycles. The van der Waals surface area contributed by atoms with Crippen LogP contribution in [0, 0.1) is 0 Å². The molecule has 22 heavy (non-hydrogen) atoms. The maximum atomic E-state index is 12.0. The summed E-state index contributed by atoms with van der Waals surface area (Å²) >= 11 is 2.60. The molecule has 0 fully saturated rings. The standard InChI is InChI=1S/C14H12N2O3S3/c17-22(18,13-2-1-8-20-13)16-10-11-3-5-12(6-4-11)19-14-15-7-9-21-14/h1-9,16H,10H2. The van der Waals surface area contributed by atoms with Crippen LogP contribution in [0.2, 0.25) is 0 Å². The van der Waals surface area contributed by atoms with Crippen molar-refractivity contribution in [1.29, 1.82) is 0 Å². The minimum absolute atomic E-state index is 0.234. The quantitative estimate of drug-likeness (QED) is 0.737. The zero-order chi connectivity index (χ0) is 15.4. The molecule has 1 aromatic carbocycles. The van der Waals surface area contributed by atoms with Crippen LogP contribution in [0.3, 0.4) is 0 Å². The third-order valence-corrected chi connectivity index (χ3v) is 6.21. The zero-order valence-electron chi connectivity index (χ0n) is 11.3. The number of ether oxygens (including phenoxy) is 1. The van der Waals surface area contributed by atoms with Crippen LogP contribution in [0.1, 0.15) is 5.56 Å². The average molecular weight is 352 g/mol. The van der Waals surface area contributed by atoms with Gasteiger partial charge in [-0.15, -0.1) is 11.3 Å². The van der Waals surface area contributed by atoms with Gasteiger partial charge < -0.3 is 4.74 Å². The largest absolute Gasteiger partial charge is 0.431 e. The van der Waals surface area contributed by atoms with Gasteiger partial charge in [0.05, 0.1) is 0 Å². The van der Waals surface area contributed by atoms with E-state index in [2.05, 4.69) is 9.71 Å². The molecule has 0 aliphatic heterocycles. The van der Waals surface area contributed by atoms with E-state index in [1.807, 2.05) is 17.5 Å². The van der Waals surface area contributed by atoms with Crippen molar-refractivity contribution in [3.05, 3.63) is 58.9 Å². The highest BCUT2D eigenvalue weighted by atomic mass is 32.2. The summed E-state index contributed by atoms with van der Waals surface area (Å²) in [5, 5.41) is 4.15. The second-order valence-electron chi connectivity index (χ2n) is 4.30. The van der Waals surface area contributed by atoms with E-state index in [0.29, 0.717) is 15.2 Å². The first-order chi connectivity index (χ1) is 10.6. The molecule has 0 unspecified atom stereocenters. The van der Waals surface area contributed by atoms with Crippen molar-refractivity contribution in [1.82, 2.24) is 9.71 Å². The molecule has 1 N–H and O–H groups in total. The number of sulfonamides is 1. The van der Waals surface area contributed by atoms with Gasteiger partial charge in [-0.1, -0.05) is 29.5 Å². The molecule has 0 amide bonds. The van der Waals surface area contributed by atoms with Crippen LogP contribution >= 0.6 is 22.7 Å². The maximum absolute atomic E-state index is 12.0. The molecule has 0 aliphatic rings. The fourth-order valence-electron chi connectivity index (χ4n) is 1.70. The van der Waals surface area contributed by atoms with Gasteiger partial charge in [-0.05, 0) is 29.1 Å². The molecule has 5 nitrogen and oxygen atoms in total. The Labute approximate surface area is 136 Å². The second-order valence-corrected chi connectivity index (χ2v) is 8.10. The molecule has 0 saturated carbocycles. The Kier molecular flexibility index (Phi) is 4.53. The number of nitrogens with one attached hydrogen (secondary N) is 1. The summed E-state index contributed by atoms with van der Waals surface area (Å²) in [4.78, 5) is 4.04. The Bertz CT molecular complexity index is 811. The second kappa shape index (κ2) is 6.57. The van der Waals surface area contributed by atoms with Crippen LogP contribution in [0.15, 0.2) is 57.6 Å². The fraction of sp³-hybridized carbons (Fsp3) is 0.0714. The Balaban J connectivity index is 1.62. The summed E-state index contributed by atoms with van der Waals surface area (Å²) in [5.74, 6) is 0.666. The number of nitrogens with zero attached hydrogens (tertiary/aromatic N) is 1. The summed E-state index contributed by atoms with van der Waals surface area (Å²) < 4.78 is 32.5. The molecule has 0 atom stereocenters. The van der Waals surface area contributed by atoms with Crippen molar-refractivity contribution >= 4 is 32.7 Å². The number of benzene rings is 1. The molecule has 0 spiro atoms. The molecule has 0 bridgehead atoms. The number of thiazole rings is 1. The van der Waals surface area contributed by atoms with Gasteiger partial charge in [-0.25, -0.2) is 18.1 Å². The molecule has 0 radical (unpaired) electrons. The normalized spacial score (nSPS) is 11.5. The van der Waals surface area contributed by atoms with Crippen molar-refractivity contribution < 1.29 is 13.2 Å². The first-order valence-corrected chi connectivity index (χ1v) is 9.57. The van der Waals surface area contributed by atoms with Crippen LogP contribution < -0.4 is 9.46 Å². The zero-order valence-corrected chi connectivity index (χ0v) is 13.7. The lowest BCUT2D eigenvalue weighted by Gasteiger charge is -2.06. The summed E-state index contributed by atoms with van der Waals surface area (Å²) in [6, 6.07) is 10.5. The molecule has 0 saturated heterocycles. The van der Waals surface area contributed by atoms with E-state index in [9.17, 15) is 8.42 Å². The van der Waals surface area contributed by atoms with Gasteiger partial charge in [0, 0.05) is 18.1 Å². The number of hydrogen-bond donors (Lipinski definition) is 1. The molecule has 114 valence electrons. The van der Waals surface area contributed by atoms with Crippen LogP contribution in [-0.4, -0.2) is 13.4 Å². The average Bonchev–Trinajstić information content (AvgIpc) is 3.20. The third-order valence-electron chi connectivity index (χ3n) is 2.76. The van der Waals surface area contributed by atoms with Gasteiger partial charge in [0.15, 0.2) is 0 Å². The smallest absolute Gasteiger partial charge is 0.278 e. The van der Waals surface area contributed by atoms with Crippen LogP contribution in [-0.2, 0) is 16.6 Å². The lowest BCUT2D eigenvalue weighted by atomic mass is 10.2. The molecule has 0 aliphatic carbocycles. The predicted molar refractivity (Wildman–Crippen MR) is 87.0 cm³/mol. The molecule has 3 rings (SSSR count). The van der Waals surface area contributed by atoms with Crippen molar-refractivity contribution in [2.75, 3.05) is 0 Å². The van der Waals surface area contributed by atoms with Gasteiger partial charge >= 0.3 is 0 Å². The van der Waals surface area contributed by atoms with E-state index < -0.39 is 10.0 Å². The van der Waals surface area contributed by atoms with Crippen molar-refractivity contribution in [3.63, 3.8) is 0 Å². The Morgan fingerprint density at radius 2 is 1.91 bits per heavy atom. The molecule has 8 heteroatoms. The number of hydrogen-bond acceptors (Lipinski definition) is 6. The summed E-state index contributed by atoms with van der Waals surface area (Å²) in [6.07, 6.45) is 1.67. The van der Waals surface area contributed by atoms with Crippen molar-refractivity contribution in [2.45, 2.75) is 10.8 Å². The minimum atomic E-state index is -3.44. The first-order valence-electron chi connectivity index (χ1n) is 6.33. The van der Waals surface area contributed by atoms with Crippen LogP contribution in [0.5, 0.6) is 10.9 Å². The number of rotatable bonds is 6. The highest BCUT2D eigenvalue weighted by Crippen LogP contribution is 2.23. The van der Waals surface area contributed by atoms with Gasteiger partial charge in [-0.3, -0.25) is 0 Å². The summed E-state index contributed by atoms with van der Waals surface area (Å²) in [6.45, 7) is 0.234. The number of aromatic nitrogens is 1. The third kappa shape index (κ3) is 3.72. The lowest BCUT2D eigenvalue weighted by Crippen LogP contribution is -2.22. The maximum Gasteiger partial charge on any atom is 0.278 e. The van der Waals surface area contributed by atoms with E-state index in [4.69, 9.17) is 4.74 Å². The van der Waals surface area contributed by atoms with E-state index in [0.717, 1.165) is 5.56 Å². The molecule has 3 aromatic rings. The summed E-state index contributed by atoms with van der Waals surface area (Å²) in [5.41, 5.74) is 0.853. The van der Waals surface area contributed by atoms with Gasteiger partial charge in [0.2, 0.25) is 10.0 Å². The van der Waals surface area contributed by atoms with Gasteiger partial charge in [-0.2, -0.15) is 0 Å². The Morgan fingerprint density at radius 3 is 2.55 bits per heavy atom. The first kappa shape index (κ1) is 15.2. The van der Waals surface area contributed by atoms with Crippen LogP contribution in [0.4, 0.5) is 0 Å². The molecular weight excluding hydrogens is 340 g/mol. The highest BCUT2D eigenvalue weighted by Gasteiger charge is 2.14. The van der Waals surface area contributed by atoms with Gasteiger partial charge in [0.25, 0.3) is 5.19 Å². The SMILES string of the molecule is O=S(=O)(NCc1ccc(Oc2nccs2)cc1)c1cccs1. The predicted octanol–water partition coefficient (Wildman–Crippen LogP) is 3.48. The van der Waals surface area contributed by atoms with Crippen molar-refractivity contribution in [2.24, 2.45) is 0 Å². The topological polar surface area (TPSA) is 68.3 Å². The lowest BCUT2D eigenvalue weighted by molar-refractivity contribution is 0.478. The van der Waals surface area contributed by atoms with E-state index in [1.54, 1.807) is 35.8 Å². The van der Waals surface area contributed by atoms with E-state index in [1.165, 1.54) is 22.7 Å². The monoisotopic (exact) mass is 352 g/mol. The molecule has 2 aromatic heterocycles. The van der Waals surface area contributed by atoms with E-state index >= 15 is 0 Å². The molecular formula is C14H12N2O3S3. The Hall–Kier alpha value is -1.74. The minimum Gasteiger partial charge on any atom is -0.431 e. The van der Waals surface area contributed by atoms with Crippen LogP contribution in [0.25, 0.3) is 0 Å². The number of thiophene rings is 1. The Morgan fingerprint density at radius 1 is 1.09 bits per heavy atom. The highest BCUT2D eigenvalue weighted by molar-refractivity contribution is 7.91. The van der Waals surface area contributed by atoms with E-state index in [-0.39, 0.29) is 6.54 Å². The van der Waals surface area contributed by atoms with Gasteiger partial charge in [0.1, 0.15) is 9.96 Å².